The van der Waals surface area contributed by atoms with Gasteiger partial charge in [0.1, 0.15) is 0 Å². The lowest BCUT2D eigenvalue weighted by atomic mass is 9.94. The molecule has 1 aliphatic heterocycles. The van der Waals surface area contributed by atoms with Crippen LogP contribution in [-0.2, 0) is 13.1 Å². The van der Waals surface area contributed by atoms with Crippen LogP contribution in [0.4, 0.5) is 5.95 Å². The molecule has 0 amide bonds. The Balaban J connectivity index is 1.71. The fraction of sp³-hybridized carbons (Fsp3) is 0.524. The molecule has 0 saturated carbocycles. The zero-order valence-electron chi connectivity index (χ0n) is 16.5. The molecule has 5 heteroatoms. The Hall–Kier alpha value is -1.98. The average Bonchev–Trinajstić information content (AvgIpc) is 2.63. The standard InChI is InChI=1S/C21H31N5/c1-24(2)15-17-8-10-19(11-9-17)20-7-5-6-12-26(20)16-18-13-22-21(23-14-18)25(3)4/h8-11,13-14,20H,5-7,12,15-16H2,1-4H3. The molecule has 1 unspecified atom stereocenters. The van der Waals surface area contributed by atoms with Gasteiger partial charge in [0.15, 0.2) is 0 Å². The van der Waals surface area contributed by atoms with E-state index in [0.717, 1.165) is 25.6 Å². The van der Waals surface area contributed by atoms with Crippen molar-refractivity contribution >= 4 is 5.95 Å². The quantitative estimate of drug-likeness (QED) is 0.796. The van der Waals surface area contributed by atoms with Gasteiger partial charge in [0, 0.05) is 51.2 Å². The van der Waals surface area contributed by atoms with Crippen molar-refractivity contribution in [2.75, 3.05) is 39.6 Å². The van der Waals surface area contributed by atoms with Crippen molar-refractivity contribution in [3.63, 3.8) is 0 Å². The molecule has 0 spiro atoms. The number of hydrogen-bond acceptors (Lipinski definition) is 5. The first-order chi connectivity index (χ1) is 12.5. The summed E-state index contributed by atoms with van der Waals surface area (Å²) in [6.45, 7) is 3.04. The summed E-state index contributed by atoms with van der Waals surface area (Å²) in [7, 11) is 8.16. The highest BCUT2D eigenvalue weighted by Gasteiger charge is 2.24. The number of piperidine rings is 1. The van der Waals surface area contributed by atoms with E-state index in [1.54, 1.807) is 0 Å². The molecular formula is C21H31N5. The summed E-state index contributed by atoms with van der Waals surface area (Å²) in [5.41, 5.74) is 3.98. The first kappa shape index (κ1) is 18.8. The molecule has 0 bridgehead atoms. The van der Waals surface area contributed by atoms with Gasteiger partial charge in [0.2, 0.25) is 5.95 Å². The van der Waals surface area contributed by atoms with Crippen LogP contribution < -0.4 is 4.90 Å². The molecule has 1 fully saturated rings. The Bertz CT molecular complexity index is 679. The number of rotatable bonds is 6. The number of anilines is 1. The lowest BCUT2D eigenvalue weighted by molar-refractivity contribution is 0.140. The molecule has 2 heterocycles. The first-order valence-electron chi connectivity index (χ1n) is 9.49. The second-order valence-corrected chi connectivity index (χ2v) is 7.75. The Labute approximate surface area is 157 Å². The number of benzene rings is 1. The average molecular weight is 354 g/mol. The molecule has 0 radical (unpaired) electrons. The molecule has 140 valence electrons. The SMILES string of the molecule is CN(C)Cc1ccc(C2CCCCN2Cc2cnc(N(C)C)nc2)cc1. The zero-order chi connectivity index (χ0) is 18.5. The van der Waals surface area contributed by atoms with E-state index in [4.69, 9.17) is 0 Å². The van der Waals surface area contributed by atoms with Gasteiger partial charge < -0.3 is 9.80 Å². The molecule has 1 atom stereocenters. The molecule has 0 aliphatic carbocycles. The first-order valence-corrected chi connectivity index (χ1v) is 9.49. The van der Waals surface area contributed by atoms with E-state index in [1.807, 2.05) is 31.4 Å². The van der Waals surface area contributed by atoms with Gasteiger partial charge in [-0.2, -0.15) is 0 Å². The largest absolute Gasteiger partial charge is 0.347 e. The van der Waals surface area contributed by atoms with Crippen LogP contribution in [0.1, 0.15) is 42.0 Å². The van der Waals surface area contributed by atoms with Crippen LogP contribution in [0.5, 0.6) is 0 Å². The fourth-order valence-corrected chi connectivity index (χ4v) is 3.66. The third-order valence-corrected chi connectivity index (χ3v) is 4.95. The van der Waals surface area contributed by atoms with Crippen molar-refractivity contribution < 1.29 is 0 Å². The predicted molar refractivity (Wildman–Crippen MR) is 107 cm³/mol. The summed E-state index contributed by atoms with van der Waals surface area (Å²) < 4.78 is 0. The van der Waals surface area contributed by atoms with Crippen molar-refractivity contribution in [3.05, 3.63) is 53.3 Å². The van der Waals surface area contributed by atoms with Crippen LogP contribution in [0, 0.1) is 0 Å². The van der Waals surface area contributed by atoms with Gasteiger partial charge in [-0.15, -0.1) is 0 Å². The Kier molecular flexibility index (Phi) is 6.22. The highest BCUT2D eigenvalue weighted by atomic mass is 15.2. The third kappa shape index (κ3) is 4.80. The lowest BCUT2D eigenvalue weighted by Gasteiger charge is -2.36. The summed E-state index contributed by atoms with van der Waals surface area (Å²) >= 11 is 0. The maximum absolute atomic E-state index is 4.46. The van der Waals surface area contributed by atoms with Crippen LogP contribution in [0.15, 0.2) is 36.7 Å². The van der Waals surface area contributed by atoms with Crippen molar-refractivity contribution in [2.24, 2.45) is 0 Å². The highest BCUT2D eigenvalue weighted by molar-refractivity contribution is 5.28. The molecule has 1 aromatic heterocycles. The van der Waals surface area contributed by atoms with Gasteiger partial charge in [0.05, 0.1) is 0 Å². The summed E-state index contributed by atoms with van der Waals surface area (Å²) in [5, 5.41) is 0. The van der Waals surface area contributed by atoms with Gasteiger partial charge in [-0.3, -0.25) is 4.90 Å². The lowest BCUT2D eigenvalue weighted by Crippen LogP contribution is -2.33. The van der Waals surface area contributed by atoms with Crippen LogP contribution in [0.2, 0.25) is 0 Å². The van der Waals surface area contributed by atoms with Gasteiger partial charge in [-0.25, -0.2) is 9.97 Å². The van der Waals surface area contributed by atoms with Gasteiger partial charge in [-0.05, 0) is 44.6 Å². The molecule has 3 rings (SSSR count). The summed E-state index contributed by atoms with van der Waals surface area (Å²) in [6.07, 6.45) is 7.73. The Morgan fingerprint density at radius 2 is 1.65 bits per heavy atom. The second-order valence-electron chi connectivity index (χ2n) is 7.75. The van der Waals surface area contributed by atoms with E-state index in [0.29, 0.717) is 6.04 Å². The molecule has 1 saturated heterocycles. The monoisotopic (exact) mass is 353 g/mol. The fourth-order valence-electron chi connectivity index (χ4n) is 3.66. The van der Waals surface area contributed by atoms with Crippen molar-refractivity contribution in [2.45, 2.75) is 38.4 Å². The van der Waals surface area contributed by atoms with Crippen LogP contribution in [-0.4, -0.2) is 54.5 Å². The minimum absolute atomic E-state index is 0.491. The minimum atomic E-state index is 0.491. The molecule has 5 nitrogen and oxygen atoms in total. The number of likely N-dealkylation sites (tertiary alicyclic amines) is 1. The number of aromatic nitrogens is 2. The van der Waals surface area contributed by atoms with Crippen LogP contribution >= 0.6 is 0 Å². The Morgan fingerprint density at radius 3 is 2.27 bits per heavy atom. The smallest absolute Gasteiger partial charge is 0.224 e. The molecule has 1 aromatic carbocycles. The maximum atomic E-state index is 4.46. The van der Waals surface area contributed by atoms with Crippen molar-refractivity contribution in [1.29, 1.82) is 0 Å². The van der Waals surface area contributed by atoms with Crippen molar-refractivity contribution in [3.8, 4) is 0 Å². The molecule has 1 aliphatic rings. The normalized spacial score (nSPS) is 18.3. The van der Waals surface area contributed by atoms with Gasteiger partial charge >= 0.3 is 0 Å². The van der Waals surface area contributed by atoms with Crippen LogP contribution in [0.3, 0.4) is 0 Å². The van der Waals surface area contributed by atoms with E-state index >= 15 is 0 Å². The summed E-state index contributed by atoms with van der Waals surface area (Å²) in [6, 6.07) is 9.67. The van der Waals surface area contributed by atoms with E-state index in [9.17, 15) is 0 Å². The second kappa shape index (κ2) is 8.60. The molecule has 2 aromatic rings. The maximum Gasteiger partial charge on any atom is 0.224 e. The van der Waals surface area contributed by atoms with E-state index in [1.165, 1.54) is 36.0 Å². The summed E-state index contributed by atoms with van der Waals surface area (Å²) in [4.78, 5) is 15.7. The summed E-state index contributed by atoms with van der Waals surface area (Å²) in [5.74, 6) is 0.764. The highest BCUT2D eigenvalue weighted by Crippen LogP contribution is 2.32. The zero-order valence-corrected chi connectivity index (χ0v) is 16.5. The third-order valence-electron chi connectivity index (χ3n) is 4.95. The van der Waals surface area contributed by atoms with E-state index in [2.05, 4.69) is 58.1 Å². The van der Waals surface area contributed by atoms with E-state index in [-0.39, 0.29) is 0 Å². The van der Waals surface area contributed by atoms with Crippen LogP contribution in [0.25, 0.3) is 0 Å². The van der Waals surface area contributed by atoms with Gasteiger partial charge in [-0.1, -0.05) is 30.7 Å². The number of hydrogen-bond donors (Lipinski definition) is 0. The molecule has 26 heavy (non-hydrogen) atoms. The number of nitrogens with zero attached hydrogens (tertiary/aromatic N) is 5. The Morgan fingerprint density at radius 1 is 0.962 bits per heavy atom. The topological polar surface area (TPSA) is 35.5 Å². The minimum Gasteiger partial charge on any atom is -0.347 e. The predicted octanol–water partition coefficient (Wildman–Crippen LogP) is 3.33. The molecule has 0 N–H and O–H groups in total. The van der Waals surface area contributed by atoms with Gasteiger partial charge in [0.25, 0.3) is 0 Å². The van der Waals surface area contributed by atoms with Crippen molar-refractivity contribution in [1.82, 2.24) is 19.8 Å². The molecular weight excluding hydrogens is 322 g/mol. The van der Waals surface area contributed by atoms with E-state index < -0.39 is 0 Å².